The van der Waals surface area contributed by atoms with Gasteiger partial charge in [-0.25, -0.2) is 8.42 Å². The van der Waals surface area contributed by atoms with Crippen LogP contribution in [-0.4, -0.2) is 38.0 Å². The maximum atomic E-state index is 12.0. The third kappa shape index (κ3) is 4.12. The Kier molecular flexibility index (Phi) is 4.94. The summed E-state index contributed by atoms with van der Waals surface area (Å²) in [5.41, 5.74) is 0.394. The second-order valence-electron chi connectivity index (χ2n) is 5.13. The summed E-state index contributed by atoms with van der Waals surface area (Å²) in [6.45, 7) is 1.55. The fraction of sp³-hybridized carbons (Fsp3) is 0.429. The SMILES string of the molecule is C[C@@H](Oc1ccc(C#N)cc1Cl)C(=O)N[C@@H]1CCS(=O)(=O)C1. The van der Waals surface area contributed by atoms with Gasteiger partial charge in [0.05, 0.1) is 28.2 Å². The van der Waals surface area contributed by atoms with Gasteiger partial charge in [0, 0.05) is 6.04 Å². The van der Waals surface area contributed by atoms with E-state index in [1.54, 1.807) is 6.92 Å². The summed E-state index contributed by atoms with van der Waals surface area (Å²) in [4.78, 5) is 12.0. The van der Waals surface area contributed by atoms with Gasteiger partial charge < -0.3 is 10.1 Å². The normalized spacial score (nSPS) is 20.9. The minimum absolute atomic E-state index is 0.0386. The Morgan fingerprint density at radius 2 is 2.27 bits per heavy atom. The molecule has 2 rings (SSSR count). The Hall–Kier alpha value is -1.78. The van der Waals surface area contributed by atoms with E-state index in [1.807, 2.05) is 6.07 Å². The van der Waals surface area contributed by atoms with E-state index in [4.69, 9.17) is 21.6 Å². The van der Waals surface area contributed by atoms with Crippen LogP contribution in [0.25, 0.3) is 0 Å². The Morgan fingerprint density at radius 1 is 1.55 bits per heavy atom. The molecule has 0 aliphatic carbocycles. The summed E-state index contributed by atoms with van der Waals surface area (Å²) in [5.74, 6) is -0.0533. The number of nitrogens with zero attached hydrogens (tertiary/aromatic N) is 1. The average molecular weight is 343 g/mol. The van der Waals surface area contributed by atoms with Crippen LogP contribution in [0.3, 0.4) is 0 Å². The van der Waals surface area contributed by atoms with Gasteiger partial charge in [-0.15, -0.1) is 0 Å². The number of nitrogens with one attached hydrogen (secondary N) is 1. The molecule has 22 heavy (non-hydrogen) atoms. The van der Waals surface area contributed by atoms with E-state index in [9.17, 15) is 13.2 Å². The van der Waals surface area contributed by atoms with Crippen LogP contribution in [0.5, 0.6) is 5.75 Å². The highest BCUT2D eigenvalue weighted by atomic mass is 35.5. The Labute approximate surface area is 133 Å². The highest BCUT2D eigenvalue weighted by Gasteiger charge is 2.30. The van der Waals surface area contributed by atoms with E-state index in [0.717, 1.165) is 0 Å². The quantitative estimate of drug-likeness (QED) is 0.889. The lowest BCUT2D eigenvalue weighted by Gasteiger charge is -2.18. The second kappa shape index (κ2) is 6.55. The molecule has 2 atom stereocenters. The van der Waals surface area contributed by atoms with Crippen molar-refractivity contribution in [2.75, 3.05) is 11.5 Å². The molecule has 1 aliphatic heterocycles. The standard InChI is InChI=1S/C14H15ClN2O4S/c1-9(14(18)17-11-4-5-22(19,20)8-11)21-13-3-2-10(7-16)6-12(13)15/h2-3,6,9,11H,4-5,8H2,1H3,(H,17,18)/t9-,11-/m1/s1. The van der Waals surface area contributed by atoms with Gasteiger partial charge in [-0.2, -0.15) is 5.26 Å². The van der Waals surface area contributed by atoms with Crippen molar-refractivity contribution in [3.63, 3.8) is 0 Å². The largest absolute Gasteiger partial charge is 0.479 e. The summed E-state index contributed by atoms with van der Waals surface area (Å²) in [6, 6.07) is 6.08. The second-order valence-corrected chi connectivity index (χ2v) is 7.76. The average Bonchev–Trinajstić information content (AvgIpc) is 2.79. The number of hydrogen-bond donors (Lipinski definition) is 1. The first-order valence-electron chi connectivity index (χ1n) is 6.68. The van der Waals surface area contributed by atoms with Gasteiger partial charge >= 0.3 is 0 Å². The van der Waals surface area contributed by atoms with Crippen molar-refractivity contribution in [3.05, 3.63) is 28.8 Å². The number of rotatable bonds is 4. The van der Waals surface area contributed by atoms with E-state index < -0.39 is 21.8 Å². The van der Waals surface area contributed by atoms with Crippen LogP contribution >= 0.6 is 11.6 Å². The topological polar surface area (TPSA) is 96.3 Å². The molecule has 1 N–H and O–H groups in total. The maximum absolute atomic E-state index is 12.0. The Balaban J connectivity index is 1.96. The van der Waals surface area contributed by atoms with Crippen LogP contribution in [0.1, 0.15) is 18.9 Å². The minimum Gasteiger partial charge on any atom is -0.479 e. The lowest BCUT2D eigenvalue weighted by molar-refractivity contribution is -0.127. The molecule has 1 fully saturated rings. The molecule has 6 nitrogen and oxygen atoms in total. The number of sulfone groups is 1. The predicted molar refractivity (Wildman–Crippen MR) is 81.5 cm³/mol. The predicted octanol–water partition coefficient (Wildman–Crippen LogP) is 1.28. The van der Waals surface area contributed by atoms with E-state index in [0.29, 0.717) is 17.7 Å². The molecule has 1 aromatic rings. The third-order valence-electron chi connectivity index (χ3n) is 3.31. The lowest BCUT2D eigenvalue weighted by Crippen LogP contribution is -2.43. The molecule has 0 unspecified atom stereocenters. The van der Waals surface area contributed by atoms with Crippen molar-refractivity contribution in [2.24, 2.45) is 0 Å². The van der Waals surface area contributed by atoms with E-state index in [2.05, 4.69) is 5.32 Å². The molecule has 0 bridgehead atoms. The number of nitriles is 1. The van der Waals surface area contributed by atoms with E-state index in [-0.39, 0.29) is 22.6 Å². The zero-order valence-electron chi connectivity index (χ0n) is 11.9. The maximum Gasteiger partial charge on any atom is 0.261 e. The molecular weight excluding hydrogens is 328 g/mol. The van der Waals surface area contributed by atoms with Crippen LogP contribution in [0.2, 0.25) is 5.02 Å². The van der Waals surface area contributed by atoms with Crippen molar-refractivity contribution in [1.82, 2.24) is 5.32 Å². The number of ether oxygens (including phenoxy) is 1. The Bertz CT molecular complexity index is 727. The Morgan fingerprint density at radius 3 is 2.82 bits per heavy atom. The number of carbonyl (C=O) groups excluding carboxylic acids is 1. The van der Waals surface area contributed by atoms with E-state index >= 15 is 0 Å². The van der Waals surface area contributed by atoms with Crippen LogP contribution in [0.4, 0.5) is 0 Å². The molecule has 0 saturated carbocycles. The first-order chi connectivity index (χ1) is 10.3. The summed E-state index contributed by atoms with van der Waals surface area (Å²) in [5, 5.41) is 11.7. The van der Waals surface area contributed by atoms with Crippen molar-refractivity contribution < 1.29 is 17.9 Å². The van der Waals surface area contributed by atoms with Gasteiger partial charge in [-0.1, -0.05) is 11.6 Å². The molecular formula is C14H15ClN2O4S. The molecule has 8 heteroatoms. The molecule has 1 amide bonds. The number of carbonyl (C=O) groups is 1. The van der Waals surface area contributed by atoms with Crippen molar-refractivity contribution in [2.45, 2.75) is 25.5 Å². The van der Waals surface area contributed by atoms with Gasteiger partial charge in [-0.3, -0.25) is 4.79 Å². The summed E-state index contributed by atoms with van der Waals surface area (Å²) in [7, 11) is -3.05. The molecule has 0 radical (unpaired) electrons. The monoisotopic (exact) mass is 342 g/mol. The third-order valence-corrected chi connectivity index (χ3v) is 5.38. The van der Waals surface area contributed by atoms with Crippen LogP contribution < -0.4 is 10.1 Å². The number of hydrogen-bond acceptors (Lipinski definition) is 5. The zero-order chi connectivity index (χ0) is 16.3. The minimum atomic E-state index is -3.05. The van der Waals surface area contributed by atoms with Crippen molar-refractivity contribution >= 4 is 27.3 Å². The fourth-order valence-electron chi connectivity index (χ4n) is 2.14. The van der Waals surface area contributed by atoms with Crippen molar-refractivity contribution in [1.29, 1.82) is 5.26 Å². The molecule has 0 aromatic heterocycles. The number of benzene rings is 1. The first-order valence-corrected chi connectivity index (χ1v) is 8.88. The highest BCUT2D eigenvalue weighted by molar-refractivity contribution is 7.91. The lowest BCUT2D eigenvalue weighted by atomic mass is 10.2. The smallest absolute Gasteiger partial charge is 0.261 e. The molecule has 0 spiro atoms. The van der Waals surface area contributed by atoms with Gasteiger partial charge in [0.25, 0.3) is 5.91 Å². The van der Waals surface area contributed by atoms with Crippen LogP contribution in [0.15, 0.2) is 18.2 Å². The highest BCUT2D eigenvalue weighted by Crippen LogP contribution is 2.26. The fourth-order valence-corrected chi connectivity index (χ4v) is 4.04. The van der Waals surface area contributed by atoms with Gasteiger partial charge in [0.15, 0.2) is 15.9 Å². The van der Waals surface area contributed by atoms with E-state index in [1.165, 1.54) is 18.2 Å². The molecule has 1 heterocycles. The van der Waals surface area contributed by atoms with Crippen LogP contribution in [0, 0.1) is 11.3 Å². The molecule has 1 saturated heterocycles. The number of halogens is 1. The molecule has 118 valence electrons. The number of amides is 1. The summed E-state index contributed by atoms with van der Waals surface area (Å²) < 4.78 is 28.2. The van der Waals surface area contributed by atoms with Crippen molar-refractivity contribution in [3.8, 4) is 11.8 Å². The van der Waals surface area contributed by atoms with Crippen LogP contribution in [-0.2, 0) is 14.6 Å². The molecule has 1 aliphatic rings. The van der Waals surface area contributed by atoms with Gasteiger partial charge in [0.1, 0.15) is 5.75 Å². The summed E-state index contributed by atoms with van der Waals surface area (Å²) in [6.07, 6.45) is -0.410. The van der Waals surface area contributed by atoms with Gasteiger partial charge in [0.2, 0.25) is 0 Å². The molecule has 1 aromatic carbocycles. The first kappa shape index (κ1) is 16.6. The summed E-state index contributed by atoms with van der Waals surface area (Å²) >= 11 is 5.98. The van der Waals surface area contributed by atoms with Gasteiger partial charge in [-0.05, 0) is 31.5 Å². The zero-order valence-corrected chi connectivity index (χ0v) is 13.4.